The van der Waals surface area contributed by atoms with Crippen LogP contribution >= 0.6 is 11.3 Å². The predicted octanol–water partition coefficient (Wildman–Crippen LogP) is 6.01. The van der Waals surface area contributed by atoms with Crippen molar-refractivity contribution in [3.63, 3.8) is 0 Å². The minimum Gasteiger partial charge on any atom is -0.493 e. The normalized spacial score (nSPS) is 11.0. The molecule has 4 aromatic rings. The fraction of sp³-hybridized carbons (Fsp3) is 0.154. The van der Waals surface area contributed by atoms with Crippen molar-refractivity contribution in [1.29, 1.82) is 0 Å². The number of para-hydroxylation sites is 2. The van der Waals surface area contributed by atoms with Gasteiger partial charge in [-0.05, 0) is 54.5 Å². The second kappa shape index (κ2) is 9.75. The monoisotopic (exact) mass is 460 g/mol. The zero-order valence-corrected chi connectivity index (χ0v) is 19.7. The van der Waals surface area contributed by atoms with E-state index in [9.17, 15) is 4.79 Å². The average Bonchev–Trinajstić information content (AvgIpc) is 3.27. The van der Waals surface area contributed by atoms with Gasteiger partial charge in [-0.1, -0.05) is 41.7 Å². The van der Waals surface area contributed by atoms with Crippen molar-refractivity contribution in [3.8, 4) is 17.2 Å². The molecule has 1 heterocycles. The van der Waals surface area contributed by atoms with Crippen molar-refractivity contribution in [3.05, 3.63) is 77.9 Å². The molecule has 0 aliphatic heterocycles. The number of fused-ring (bicyclic) bond motifs is 1. The molecular formula is C26H24N2O4S. The first-order valence-corrected chi connectivity index (χ1v) is 11.1. The maximum atomic E-state index is 13.5. The third-order valence-electron chi connectivity index (χ3n) is 5.16. The molecule has 1 aromatic heterocycles. The Labute approximate surface area is 196 Å². The van der Waals surface area contributed by atoms with Gasteiger partial charge in [0, 0.05) is 6.08 Å². The molecule has 33 heavy (non-hydrogen) atoms. The number of benzene rings is 3. The highest BCUT2D eigenvalue weighted by Crippen LogP contribution is 2.39. The van der Waals surface area contributed by atoms with Crippen molar-refractivity contribution < 1.29 is 19.0 Å². The van der Waals surface area contributed by atoms with E-state index < -0.39 is 0 Å². The zero-order chi connectivity index (χ0) is 23.4. The van der Waals surface area contributed by atoms with Crippen LogP contribution < -0.4 is 19.1 Å². The summed E-state index contributed by atoms with van der Waals surface area (Å²) >= 11 is 1.48. The number of carbonyl (C=O) groups is 1. The second-order valence-electron chi connectivity index (χ2n) is 7.22. The van der Waals surface area contributed by atoms with Crippen LogP contribution in [0, 0.1) is 6.92 Å². The van der Waals surface area contributed by atoms with Crippen molar-refractivity contribution >= 4 is 44.4 Å². The van der Waals surface area contributed by atoms with Gasteiger partial charge in [-0.3, -0.25) is 9.69 Å². The standard InChI is InChI=1S/C26H24N2O4S/c1-17-9-5-7-11-20(17)28(26-27-19-10-6-8-12-23(19)33-26)24(29)14-13-18-15-21(30-2)25(32-4)22(16-18)31-3/h5-16H,1-4H3/b14-13+. The molecule has 0 spiro atoms. The number of aromatic nitrogens is 1. The molecule has 7 heteroatoms. The summed E-state index contributed by atoms with van der Waals surface area (Å²) in [5.74, 6) is 1.33. The number of methoxy groups -OCH3 is 3. The van der Waals surface area contributed by atoms with Crippen LogP contribution in [0.2, 0.25) is 0 Å². The molecule has 0 bridgehead atoms. The number of aryl methyl sites for hydroxylation is 1. The Hall–Kier alpha value is -3.84. The van der Waals surface area contributed by atoms with Crippen LogP contribution in [0.5, 0.6) is 17.2 Å². The largest absolute Gasteiger partial charge is 0.493 e. The molecule has 3 aromatic carbocycles. The maximum absolute atomic E-state index is 13.5. The first-order chi connectivity index (χ1) is 16.0. The van der Waals surface area contributed by atoms with Crippen molar-refractivity contribution in [2.45, 2.75) is 6.92 Å². The molecule has 4 rings (SSSR count). The summed E-state index contributed by atoms with van der Waals surface area (Å²) in [5, 5.41) is 0.616. The number of carbonyl (C=O) groups excluding carboxylic acids is 1. The topological polar surface area (TPSA) is 60.9 Å². The van der Waals surface area contributed by atoms with Crippen LogP contribution in [-0.2, 0) is 4.79 Å². The third kappa shape index (κ3) is 4.54. The molecule has 0 aliphatic rings. The lowest BCUT2D eigenvalue weighted by molar-refractivity contribution is -0.113. The van der Waals surface area contributed by atoms with Gasteiger partial charge in [-0.15, -0.1) is 0 Å². The minimum atomic E-state index is -0.211. The van der Waals surface area contributed by atoms with E-state index in [0.717, 1.165) is 27.0 Å². The van der Waals surface area contributed by atoms with E-state index in [1.165, 1.54) is 17.4 Å². The van der Waals surface area contributed by atoms with E-state index in [2.05, 4.69) is 0 Å². The lowest BCUT2D eigenvalue weighted by Crippen LogP contribution is -2.24. The summed E-state index contributed by atoms with van der Waals surface area (Å²) in [7, 11) is 4.67. The summed E-state index contributed by atoms with van der Waals surface area (Å²) in [4.78, 5) is 19.9. The summed E-state index contributed by atoms with van der Waals surface area (Å²) in [5.41, 5.74) is 3.37. The first kappa shape index (κ1) is 22.4. The summed E-state index contributed by atoms with van der Waals surface area (Å²) in [6.45, 7) is 1.98. The summed E-state index contributed by atoms with van der Waals surface area (Å²) in [6, 6.07) is 19.2. The van der Waals surface area contributed by atoms with Gasteiger partial charge in [0.1, 0.15) is 0 Å². The van der Waals surface area contributed by atoms with Gasteiger partial charge in [0.15, 0.2) is 16.6 Å². The smallest absolute Gasteiger partial charge is 0.257 e. The highest BCUT2D eigenvalue weighted by Gasteiger charge is 2.21. The molecule has 0 saturated carbocycles. The molecular weight excluding hydrogens is 436 g/mol. The van der Waals surface area contributed by atoms with Crippen molar-refractivity contribution in [2.75, 3.05) is 26.2 Å². The van der Waals surface area contributed by atoms with Gasteiger partial charge in [0.05, 0.1) is 37.2 Å². The number of thiazole rings is 1. The van der Waals surface area contributed by atoms with Crippen LogP contribution in [0.15, 0.2) is 66.7 Å². The molecule has 0 unspecified atom stereocenters. The highest BCUT2D eigenvalue weighted by atomic mass is 32.1. The van der Waals surface area contributed by atoms with Gasteiger partial charge in [0.2, 0.25) is 5.75 Å². The predicted molar refractivity (Wildman–Crippen MR) is 133 cm³/mol. The maximum Gasteiger partial charge on any atom is 0.257 e. The average molecular weight is 461 g/mol. The van der Waals surface area contributed by atoms with E-state index in [1.807, 2.05) is 55.5 Å². The van der Waals surface area contributed by atoms with Gasteiger partial charge < -0.3 is 14.2 Å². The van der Waals surface area contributed by atoms with Crippen LogP contribution in [0.1, 0.15) is 11.1 Å². The Morgan fingerprint density at radius 1 is 0.939 bits per heavy atom. The Morgan fingerprint density at radius 2 is 1.61 bits per heavy atom. The molecule has 0 saturated heterocycles. The number of amides is 1. The number of nitrogens with zero attached hydrogens (tertiary/aromatic N) is 2. The Balaban J connectivity index is 1.75. The quantitative estimate of drug-likeness (QED) is 0.316. The summed E-state index contributed by atoms with van der Waals surface area (Å²) in [6.07, 6.45) is 3.25. The fourth-order valence-electron chi connectivity index (χ4n) is 3.53. The molecule has 0 aliphatic carbocycles. The van der Waals surface area contributed by atoms with E-state index in [1.54, 1.807) is 44.4 Å². The molecule has 0 atom stereocenters. The SMILES string of the molecule is COc1cc(/C=C/C(=O)N(c2nc3ccccc3s2)c2ccccc2C)cc(OC)c1OC. The van der Waals surface area contributed by atoms with Crippen LogP contribution in [-0.4, -0.2) is 32.2 Å². The molecule has 168 valence electrons. The first-order valence-electron chi connectivity index (χ1n) is 10.3. The number of anilines is 2. The fourth-order valence-corrected chi connectivity index (χ4v) is 4.51. The van der Waals surface area contributed by atoms with Crippen LogP contribution in [0.4, 0.5) is 10.8 Å². The van der Waals surface area contributed by atoms with Gasteiger partial charge >= 0.3 is 0 Å². The number of hydrogen-bond donors (Lipinski definition) is 0. The van der Waals surface area contributed by atoms with Gasteiger partial charge in [-0.2, -0.15) is 0 Å². The van der Waals surface area contributed by atoms with E-state index in [4.69, 9.17) is 19.2 Å². The lowest BCUT2D eigenvalue weighted by Gasteiger charge is -2.20. The Bertz CT molecular complexity index is 1270. The van der Waals surface area contributed by atoms with Crippen molar-refractivity contribution in [1.82, 2.24) is 4.98 Å². The number of rotatable bonds is 7. The molecule has 0 fully saturated rings. The molecule has 0 N–H and O–H groups in total. The summed E-state index contributed by atoms with van der Waals surface area (Å²) < 4.78 is 17.2. The van der Waals surface area contributed by atoms with Crippen LogP contribution in [0.3, 0.4) is 0 Å². The Kier molecular flexibility index (Phi) is 6.60. The highest BCUT2D eigenvalue weighted by molar-refractivity contribution is 7.22. The molecule has 1 amide bonds. The lowest BCUT2D eigenvalue weighted by atomic mass is 10.1. The van der Waals surface area contributed by atoms with Gasteiger partial charge in [0.25, 0.3) is 5.91 Å². The third-order valence-corrected chi connectivity index (χ3v) is 6.18. The molecule has 0 radical (unpaired) electrons. The zero-order valence-electron chi connectivity index (χ0n) is 18.9. The van der Waals surface area contributed by atoms with Crippen molar-refractivity contribution in [2.24, 2.45) is 0 Å². The van der Waals surface area contributed by atoms with E-state index in [0.29, 0.717) is 22.4 Å². The number of hydrogen-bond acceptors (Lipinski definition) is 6. The van der Waals surface area contributed by atoms with E-state index >= 15 is 0 Å². The van der Waals surface area contributed by atoms with Gasteiger partial charge in [-0.25, -0.2) is 4.98 Å². The minimum absolute atomic E-state index is 0.211. The number of ether oxygens (including phenoxy) is 3. The molecule has 6 nitrogen and oxygen atoms in total. The second-order valence-corrected chi connectivity index (χ2v) is 8.23. The Morgan fingerprint density at radius 3 is 2.24 bits per heavy atom. The van der Waals surface area contributed by atoms with Crippen LogP contribution in [0.25, 0.3) is 16.3 Å². The van der Waals surface area contributed by atoms with E-state index in [-0.39, 0.29) is 5.91 Å².